The fourth-order valence-corrected chi connectivity index (χ4v) is 4.94. The van der Waals surface area contributed by atoms with Crippen LogP contribution in [0, 0.1) is 6.92 Å². The molecule has 1 N–H and O–H groups in total. The van der Waals surface area contributed by atoms with Crippen LogP contribution in [0.3, 0.4) is 0 Å². The van der Waals surface area contributed by atoms with Crippen molar-refractivity contribution in [1.82, 2.24) is 39.7 Å². The fraction of sp³-hybridized carbons (Fsp3) is 0.179. The number of hydrogen-bond donors (Lipinski definition) is 1. The molecule has 0 atom stereocenters. The maximum Gasteiger partial charge on any atom is 0.180 e. The Hall–Kier alpha value is -4.59. The van der Waals surface area contributed by atoms with Crippen molar-refractivity contribution in [2.45, 2.75) is 26.7 Å². The van der Waals surface area contributed by atoms with Crippen LogP contribution in [-0.2, 0) is 13.5 Å². The van der Waals surface area contributed by atoms with Gasteiger partial charge in [0.2, 0.25) is 0 Å². The van der Waals surface area contributed by atoms with Gasteiger partial charge in [-0.1, -0.05) is 43.3 Å². The third kappa shape index (κ3) is 3.58. The zero-order chi connectivity index (χ0) is 24.6. The largest absolute Gasteiger partial charge is 0.334 e. The number of aromatic nitrogens is 8. The molecule has 3 aromatic heterocycles. The fourth-order valence-electron chi connectivity index (χ4n) is 4.94. The Morgan fingerprint density at radius 2 is 1.83 bits per heavy atom. The van der Waals surface area contributed by atoms with Crippen molar-refractivity contribution in [3.05, 3.63) is 84.4 Å². The number of imidazole rings is 2. The monoisotopic (exact) mass is 474 g/mol. The third-order valence-corrected chi connectivity index (χ3v) is 6.62. The van der Waals surface area contributed by atoms with Gasteiger partial charge in [-0.2, -0.15) is 0 Å². The van der Waals surface area contributed by atoms with Gasteiger partial charge in [-0.05, 0) is 64.7 Å². The standard InChI is InChI=1S/C28H26N8/c1-4-8-25-30-22-13-11-20(28-29-15-16-35(28)3)17-24(22)36(25)23-14-12-21(19-9-6-5-7-10-19)26(18(23)2)27-31-33-34-32-27/h5-7,9-17H,4,8H2,1-3H3,(H,31,32,33,34). The summed E-state index contributed by atoms with van der Waals surface area (Å²) >= 11 is 0. The molecule has 0 unspecified atom stereocenters. The van der Waals surface area contributed by atoms with Crippen molar-refractivity contribution in [2.75, 3.05) is 0 Å². The molecule has 0 amide bonds. The SMILES string of the molecule is CCCc1nc2ccc(-c3nccn3C)cc2n1-c1ccc(-c2ccccc2)c(-c2nnn[nH]2)c1C. The molecule has 0 radical (unpaired) electrons. The predicted octanol–water partition coefficient (Wildman–Crippen LogP) is 5.53. The number of aromatic amines is 1. The van der Waals surface area contributed by atoms with Gasteiger partial charge in [0.05, 0.1) is 16.7 Å². The maximum absolute atomic E-state index is 5.03. The summed E-state index contributed by atoms with van der Waals surface area (Å²) in [7, 11) is 2.01. The Morgan fingerprint density at radius 3 is 2.56 bits per heavy atom. The van der Waals surface area contributed by atoms with Crippen molar-refractivity contribution in [3.63, 3.8) is 0 Å². The Labute approximate surface area is 208 Å². The molecule has 0 fully saturated rings. The van der Waals surface area contributed by atoms with Crippen LogP contribution in [0.25, 0.3) is 50.6 Å². The topological polar surface area (TPSA) is 90.1 Å². The highest BCUT2D eigenvalue weighted by atomic mass is 15.5. The van der Waals surface area contributed by atoms with E-state index in [4.69, 9.17) is 4.98 Å². The average molecular weight is 475 g/mol. The highest BCUT2D eigenvalue weighted by molar-refractivity contribution is 5.88. The van der Waals surface area contributed by atoms with E-state index < -0.39 is 0 Å². The Bertz CT molecular complexity index is 1660. The molecule has 3 heterocycles. The predicted molar refractivity (Wildman–Crippen MR) is 141 cm³/mol. The molecule has 0 aliphatic heterocycles. The number of fused-ring (bicyclic) bond motifs is 1. The highest BCUT2D eigenvalue weighted by Crippen LogP contribution is 2.37. The molecular formula is C28H26N8. The molecule has 6 rings (SSSR count). The van der Waals surface area contributed by atoms with Crippen LogP contribution in [-0.4, -0.2) is 39.7 Å². The molecule has 8 nitrogen and oxygen atoms in total. The summed E-state index contributed by atoms with van der Waals surface area (Å²) in [6.07, 6.45) is 5.65. The molecule has 0 aliphatic rings. The van der Waals surface area contributed by atoms with E-state index in [1.165, 1.54) is 0 Å². The second-order valence-electron chi connectivity index (χ2n) is 8.93. The second-order valence-corrected chi connectivity index (χ2v) is 8.93. The van der Waals surface area contributed by atoms with Gasteiger partial charge in [-0.3, -0.25) is 4.57 Å². The van der Waals surface area contributed by atoms with E-state index >= 15 is 0 Å². The van der Waals surface area contributed by atoms with Crippen LogP contribution >= 0.6 is 0 Å². The average Bonchev–Trinajstić information content (AvgIpc) is 3.65. The summed E-state index contributed by atoms with van der Waals surface area (Å²) in [5.41, 5.74) is 8.37. The molecule has 0 saturated carbocycles. The van der Waals surface area contributed by atoms with Gasteiger partial charge in [0.1, 0.15) is 11.6 Å². The van der Waals surface area contributed by atoms with Gasteiger partial charge < -0.3 is 4.57 Å². The van der Waals surface area contributed by atoms with Gasteiger partial charge in [-0.15, -0.1) is 5.10 Å². The Morgan fingerprint density at radius 1 is 0.972 bits per heavy atom. The molecule has 36 heavy (non-hydrogen) atoms. The molecule has 0 spiro atoms. The summed E-state index contributed by atoms with van der Waals surface area (Å²) in [4.78, 5) is 9.58. The van der Waals surface area contributed by atoms with Crippen molar-refractivity contribution in [2.24, 2.45) is 7.05 Å². The van der Waals surface area contributed by atoms with Crippen molar-refractivity contribution >= 4 is 11.0 Å². The van der Waals surface area contributed by atoms with Gasteiger partial charge >= 0.3 is 0 Å². The minimum Gasteiger partial charge on any atom is -0.334 e. The summed E-state index contributed by atoms with van der Waals surface area (Å²) in [5.74, 6) is 2.59. The zero-order valence-corrected chi connectivity index (χ0v) is 20.5. The number of nitrogens with one attached hydrogen (secondary N) is 1. The number of aryl methyl sites for hydroxylation is 2. The molecule has 0 saturated heterocycles. The van der Waals surface area contributed by atoms with Crippen molar-refractivity contribution in [1.29, 1.82) is 0 Å². The first-order valence-corrected chi connectivity index (χ1v) is 12.1. The lowest BCUT2D eigenvalue weighted by atomic mass is 9.94. The number of benzene rings is 3. The highest BCUT2D eigenvalue weighted by Gasteiger charge is 2.21. The quantitative estimate of drug-likeness (QED) is 0.343. The minimum atomic E-state index is 0.642. The van der Waals surface area contributed by atoms with Crippen molar-refractivity contribution in [3.8, 4) is 39.6 Å². The smallest absolute Gasteiger partial charge is 0.180 e. The van der Waals surface area contributed by atoms with Crippen LogP contribution in [0.4, 0.5) is 0 Å². The summed E-state index contributed by atoms with van der Waals surface area (Å²) < 4.78 is 4.31. The lowest BCUT2D eigenvalue weighted by molar-refractivity contribution is 0.816. The van der Waals surface area contributed by atoms with Crippen LogP contribution in [0.2, 0.25) is 0 Å². The Balaban J connectivity index is 1.63. The van der Waals surface area contributed by atoms with Crippen molar-refractivity contribution < 1.29 is 0 Å². The van der Waals surface area contributed by atoms with E-state index in [1.807, 2.05) is 42.2 Å². The van der Waals surface area contributed by atoms with Gasteiger partial charge in [0, 0.05) is 37.0 Å². The minimum absolute atomic E-state index is 0.642. The first-order chi connectivity index (χ1) is 17.7. The van der Waals surface area contributed by atoms with E-state index in [-0.39, 0.29) is 0 Å². The second kappa shape index (κ2) is 8.88. The lowest BCUT2D eigenvalue weighted by Crippen LogP contribution is -2.05. The van der Waals surface area contributed by atoms with E-state index in [0.717, 1.165) is 69.0 Å². The van der Waals surface area contributed by atoms with Crippen LogP contribution in [0.5, 0.6) is 0 Å². The molecule has 0 aliphatic carbocycles. The third-order valence-electron chi connectivity index (χ3n) is 6.62. The number of nitrogens with zero attached hydrogens (tertiary/aromatic N) is 7. The molecule has 178 valence electrons. The molecule has 6 aromatic rings. The lowest BCUT2D eigenvalue weighted by Gasteiger charge is -2.18. The van der Waals surface area contributed by atoms with Gasteiger partial charge in [0.25, 0.3) is 0 Å². The number of hydrogen-bond acceptors (Lipinski definition) is 5. The van der Waals surface area contributed by atoms with Crippen LogP contribution in [0.15, 0.2) is 73.1 Å². The van der Waals surface area contributed by atoms with Crippen LogP contribution in [0.1, 0.15) is 24.7 Å². The number of H-pyrrole nitrogens is 1. The first-order valence-electron chi connectivity index (χ1n) is 12.1. The maximum atomic E-state index is 5.03. The summed E-state index contributed by atoms with van der Waals surface area (Å²) in [5, 5.41) is 15.0. The molecule has 8 heteroatoms. The molecule has 3 aromatic carbocycles. The van der Waals surface area contributed by atoms with E-state index in [0.29, 0.717) is 5.82 Å². The normalized spacial score (nSPS) is 11.4. The number of tetrazole rings is 1. The summed E-state index contributed by atoms with van der Waals surface area (Å²) in [6, 6.07) is 21.0. The molecular weight excluding hydrogens is 448 g/mol. The Kier molecular flexibility index (Phi) is 5.41. The summed E-state index contributed by atoms with van der Waals surface area (Å²) in [6.45, 7) is 4.31. The van der Waals surface area contributed by atoms with Gasteiger partial charge in [-0.25, -0.2) is 15.1 Å². The van der Waals surface area contributed by atoms with E-state index in [2.05, 4.69) is 86.5 Å². The van der Waals surface area contributed by atoms with E-state index in [9.17, 15) is 0 Å². The van der Waals surface area contributed by atoms with Crippen LogP contribution < -0.4 is 0 Å². The van der Waals surface area contributed by atoms with E-state index in [1.54, 1.807) is 0 Å². The first kappa shape index (κ1) is 21.9. The zero-order valence-electron chi connectivity index (χ0n) is 20.5. The number of rotatable bonds is 6. The molecule has 0 bridgehead atoms. The van der Waals surface area contributed by atoms with Gasteiger partial charge in [0.15, 0.2) is 5.82 Å².